The molecule has 1 aliphatic carbocycles. The molecule has 1 fully saturated rings. The molecule has 10 nitrogen and oxygen atoms in total. The second-order valence-electron chi connectivity index (χ2n) is 9.79. The summed E-state index contributed by atoms with van der Waals surface area (Å²) in [7, 11) is 0. The van der Waals surface area contributed by atoms with Gasteiger partial charge in [-0.25, -0.2) is 14.8 Å². The minimum atomic E-state index is -0.400. The molecule has 40 heavy (non-hydrogen) atoms. The Morgan fingerprint density at radius 2 is 1.88 bits per heavy atom. The van der Waals surface area contributed by atoms with Crippen LogP contribution in [-0.4, -0.2) is 39.9 Å². The molecule has 0 radical (unpaired) electrons. The van der Waals surface area contributed by atoms with Crippen molar-refractivity contribution in [2.24, 2.45) is 0 Å². The largest absolute Gasteiger partial charge is 0.439 e. The molecule has 3 N–H and O–H groups in total. The van der Waals surface area contributed by atoms with Gasteiger partial charge in [0.15, 0.2) is 0 Å². The Hall–Kier alpha value is -4.51. The molecule has 3 aromatic heterocycles. The van der Waals surface area contributed by atoms with E-state index in [-0.39, 0.29) is 23.9 Å². The highest BCUT2D eigenvalue weighted by Gasteiger charge is 2.37. The fourth-order valence-corrected chi connectivity index (χ4v) is 6.32. The molecule has 0 saturated heterocycles. The van der Waals surface area contributed by atoms with Crippen molar-refractivity contribution in [3.63, 3.8) is 0 Å². The van der Waals surface area contributed by atoms with Gasteiger partial charge in [0.25, 0.3) is 5.91 Å². The molecule has 2 aliphatic rings. The number of carbonyl (C=O) groups is 3. The zero-order valence-electron chi connectivity index (χ0n) is 22.1. The second-order valence-corrected chi connectivity index (χ2v) is 10.8. The third-order valence-corrected chi connectivity index (χ3v) is 8.27. The van der Waals surface area contributed by atoms with Crippen molar-refractivity contribution in [3.05, 3.63) is 65.3 Å². The Kier molecular flexibility index (Phi) is 6.81. The predicted molar refractivity (Wildman–Crippen MR) is 154 cm³/mol. The van der Waals surface area contributed by atoms with Crippen molar-refractivity contribution in [3.8, 4) is 11.6 Å². The van der Waals surface area contributed by atoms with E-state index in [0.29, 0.717) is 55.9 Å². The van der Waals surface area contributed by atoms with Gasteiger partial charge in [0, 0.05) is 30.8 Å². The van der Waals surface area contributed by atoms with Crippen LogP contribution in [0.4, 0.5) is 21.9 Å². The van der Waals surface area contributed by atoms with Gasteiger partial charge < -0.3 is 20.7 Å². The zero-order chi connectivity index (χ0) is 27.8. The van der Waals surface area contributed by atoms with Crippen molar-refractivity contribution in [1.82, 2.24) is 20.6 Å². The molecular formula is C29H28N6O4S. The number of hydrogen-bond acceptors (Lipinski definition) is 7. The summed E-state index contributed by atoms with van der Waals surface area (Å²) in [4.78, 5) is 50.9. The van der Waals surface area contributed by atoms with Gasteiger partial charge in [0.1, 0.15) is 15.5 Å². The van der Waals surface area contributed by atoms with E-state index in [4.69, 9.17) is 4.74 Å². The Morgan fingerprint density at radius 1 is 1.10 bits per heavy atom. The maximum absolute atomic E-state index is 13.8. The fourth-order valence-electron chi connectivity index (χ4n) is 5.26. The van der Waals surface area contributed by atoms with Crippen LogP contribution >= 0.6 is 11.3 Å². The Balaban J connectivity index is 1.36. The van der Waals surface area contributed by atoms with Crippen LogP contribution in [0.3, 0.4) is 0 Å². The Labute approximate surface area is 234 Å². The van der Waals surface area contributed by atoms with Crippen molar-refractivity contribution in [2.75, 3.05) is 10.2 Å². The Morgan fingerprint density at radius 3 is 2.62 bits per heavy atom. The number of ether oxygens (including phenoxy) is 1. The number of aromatic nitrogens is 2. The number of anilines is 3. The molecule has 204 valence electrons. The van der Waals surface area contributed by atoms with Crippen LogP contribution in [0.2, 0.25) is 0 Å². The molecule has 0 unspecified atom stereocenters. The molecule has 1 aliphatic heterocycles. The third-order valence-electron chi connectivity index (χ3n) is 7.18. The van der Waals surface area contributed by atoms with Crippen molar-refractivity contribution >= 4 is 56.5 Å². The first-order chi connectivity index (χ1) is 19.4. The topological polar surface area (TPSA) is 126 Å². The molecule has 0 bridgehead atoms. The van der Waals surface area contributed by atoms with Crippen LogP contribution in [-0.2, 0) is 4.79 Å². The SMILES string of the molecule is CCC(=O)N[C@@H]1CCC[C@H]1NC(=O)c1sc2nccc3c2c1N(c1ccc(Oc2ccccc2)nc1C)C(=O)N3. The van der Waals surface area contributed by atoms with Gasteiger partial charge in [0.05, 0.1) is 28.1 Å². The van der Waals surface area contributed by atoms with Gasteiger partial charge in [-0.05, 0) is 50.5 Å². The second kappa shape index (κ2) is 10.6. The molecule has 6 rings (SSSR count). The highest BCUT2D eigenvalue weighted by molar-refractivity contribution is 7.21. The van der Waals surface area contributed by atoms with E-state index in [1.54, 1.807) is 38.2 Å². The number of hydrogen-bond donors (Lipinski definition) is 3. The lowest BCUT2D eigenvalue weighted by atomic mass is 10.1. The number of benzene rings is 1. The zero-order valence-corrected chi connectivity index (χ0v) is 22.9. The number of thiophene rings is 1. The summed E-state index contributed by atoms with van der Waals surface area (Å²) in [5.41, 5.74) is 2.15. The number of nitrogens with zero attached hydrogens (tertiary/aromatic N) is 3. The number of carbonyl (C=O) groups excluding carboxylic acids is 3. The van der Waals surface area contributed by atoms with Crippen LogP contribution in [0.5, 0.6) is 11.6 Å². The molecule has 4 amide bonds. The van der Waals surface area contributed by atoms with Crippen LogP contribution in [0.15, 0.2) is 54.7 Å². The van der Waals surface area contributed by atoms with Gasteiger partial charge in [-0.1, -0.05) is 25.1 Å². The quantitative estimate of drug-likeness (QED) is 0.270. The third kappa shape index (κ3) is 4.73. The van der Waals surface area contributed by atoms with Crippen molar-refractivity contribution in [2.45, 2.75) is 51.6 Å². The summed E-state index contributed by atoms with van der Waals surface area (Å²) in [6, 6.07) is 13.8. The van der Waals surface area contributed by atoms with E-state index in [1.165, 1.54) is 16.2 Å². The summed E-state index contributed by atoms with van der Waals surface area (Å²) < 4.78 is 5.88. The molecule has 4 heterocycles. The lowest BCUT2D eigenvalue weighted by Gasteiger charge is -2.29. The van der Waals surface area contributed by atoms with E-state index in [9.17, 15) is 14.4 Å². The normalized spacial score (nSPS) is 17.9. The van der Waals surface area contributed by atoms with Crippen LogP contribution in [0.25, 0.3) is 10.2 Å². The molecule has 2 atom stereocenters. The molecule has 1 saturated carbocycles. The highest BCUT2D eigenvalue weighted by Crippen LogP contribution is 2.47. The minimum absolute atomic E-state index is 0.0394. The predicted octanol–water partition coefficient (Wildman–Crippen LogP) is 5.65. The molecule has 1 aromatic carbocycles. The van der Waals surface area contributed by atoms with Gasteiger partial charge in [-0.2, -0.15) is 0 Å². The van der Waals surface area contributed by atoms with Gasteiger partial charge in [0.2, 0.25) is 11.8 Å². The van der Waals surface area contributed by atoms with E-state index in [0.717, 1.165) is 19.3 Å². The van der Waals surface area contributed by atoms with E-state index in [1.807, 2.05) is 30.3 Å². The first-order valence-corrected chi connectivity index (χ1v) is 14.1. The first kappa shape index (κ1) is 25.8. The number of para-hydroxylation sites is 1. The van der Waals surface area contributed by atoms with Gasteiger partial charge >= 0.3 is 6.03 Å². The molecule has 11 heteroatoms. The van der Waals surface area contributed by atoms with E-state index in [2.05, 4.69) is 25.9 Å². The molecular weight excluding hydrogens is 528 g/mol. The number of amides is 4. The Bertz CT molecular complexity index is 1620. The van der Waals surface area contributed by atoms with Crippen LogP contribution in [0, 0.1) is 6.92 Å². The lowest BCUT2D eigenvalue weighted by molar-refractivity contribution is -0.121. The van der Waals surface area contributed by atoms with Crippen molar-refractivity contribution in [1.29, 1.82) is 0 Å². The van der Waals surface area contributed by atoms with Gasteiger partial charge in [-0.3, -0.25) is 14.5 Å². The number of urea groups is 1. The summed E-state index contributed by atoms with van der Waals surface area (Å²) in [6.07, 6.45) is 4.48. The molecule has 4 aromatic rings. The van der Waals surface area contributed by atoms with Crippen molar-refractivity contribution < 1.29 is 19.1 Å². The smallest absolute Gasteiger partial charge is 0.331 e. The number of rotatable bonds is 7. The van der Waals surface area contributed by atoms with Crippen LogP contribution < -0.4 is 25.6 Å². The first-order valence-electron chi connectivity index (χ1n) is 13.3. The highest BCUT2D eigenvalue weighted by atomic mass is 32.1. The van der Waals surface area contributed by atoms with E-state index < -0.39 is 6.03 Å². The lowest BCUT2D eigenvalue weighted by Crippen LogP contribution is -2.48. The molecule has 0 spiro atoms. The average molecular weight is 557 g/mol. The standard InChI is InChI=1S/C29H28N6O4S/c1-3-22(36)32-18-10-7-11-19(18)33-27(37)26-25-24-20(14-15-30-28(24)40-26)34-29(38)35(25)21-12-13-23(31-16(21)2)39-17-8-5-4-6-9-17/h4-6,8-9,12-15,18-19H,3,7,10-11H2,1-2H3,(H,32,36)(H,33,37)(H,34,38)/t18-,19-/m1/s1. The average Bonchev–Trinajstić information content (AvgIpc) is 3.55. The maximum Gasteiger partial charge on any atom is 0.331 e. The summed E-state index contributed by atoms with van der Waals surface area (Å²) in [6.45, 7) is 3.60. The fraction of sp³-hybridized carbons (Fsp3) is 0.276. The monoisotopic (exact) mass is 556 g/mol. The summed E-state index contributed by atoms with van der Waals surface area (Å²) in [5, 5.41) is 9.78. The summed E-state index contributed by atoms with van der Waals surface area (Å²) >= 11 is 1.24. The van der Waals surface area contributed by atoms with Gasteiger partial charge in [-0.15, -0.1) is 11.3 Å². The number of aryl methyl sites for hydroxylation is 1. The maximum atomic E-state index is 13.8. The number of nitrogens with one attached hydrogen (secondary N) is 3. The minimum Gasteiger partial charge on any atom is -0.439 e. The van der Waals surface area contributed by atoms with E-state index >= 15 is 0 Å². The van der Waals surface area contributed by atoms with Crippen LogP contribution in [0.1, 0.15) is 48.0 Å². The summed E-state index contributed by atoms with van der Waals surface area (Å²) in [5.74, 6) is 0.696. The number of pyridine rings is 2.